The molecule has 0 radical (unpaired) electrons. The average Bonchev–Trinajstić information content (AvgIpc) is 2.32. The number of nitrogens with zero attached hydrogens (tertiary/aromatic N) is 4. The Labute approximate surface area is 106 Å². The Bertz CT molecular complexity index is 258. The third-order valence-electron chi connectivity index (χ3n) is 2.47. The molecular formula is C12H27N5. The molecule has 0 aromatic heterocycles. The van der Waals surface area contributed by atoms with Gasteiger partial charge in [-0.3, -0.25) is 15.3 Å². The summed E-state index contributed by atoms with van der Waals surface area (Å²) in [6.07, 6.45) is 2.28. The third-order valence-corrected chi connectivity index (χ3v) is 2.47. The van der Waals surface area contributed by atoms with Gasteiger partial charge in [0.1, 0.15) is 0 Å². The second kappa shape index (κ2) is 8.84. The molecule has 0 atom stereocenters. The highest BCUT2D eigenvalue weighted by atomic mass is 15.4. The number of nitrogens with one attached hydrogen (secondary N) is 1. The van der Waals surface area contributed by atoms with E-state index in [0.717, 1.165) is 37.9 Å². The van der Waals surface area contributed by atoms with Crippen molar-refractivity contribution < 1.29 is 0 Å². The van der Waals surface area contributed by atoms with Crippen LogP contribution in [0.25, 0.3) is 0 Å². The maximum Gasteiger partial charge on any atom is 0.200 e. The van der Waals surface area contributed by atoms with E-state index in [0.29, 0.717) is 0 Å². The Morgan fingerprint density at radius 2 is 1.76 bits per heavy atom. The number of aliphatic imine (C=N–C) groups is 2. The lowest BCUT2D eigenvalue weighted by molar-refractivity contribution is 0.510. The molecule has 0 amide bonds. The molecule has 0 aliphatic heterocycles. The minimum Gasteiger partial charge on any atom is -0.349 e. The van der Waals surface area contributed by atoms with Gasteiger partial charge in [-0.05, 0) is 13.3 Å². The molecule has 0 aliphatic carbocycles. The number of hydrogen-bond acceptors (Lipinski definition) is 2. The lowest BCUT2D eigenvalue weighted by atomic mass is 10.3. The van der Waals surface area contributed by atoms with Crippen LogP contribution in [0.3, 0.4) is 0 Å². The fourth-order valence-corrected chi connectivity index (χ4v) is 1.22. The summed E-state index contributed by atoms with van der Waals surface area (Å²) in [7, 11) is 7.73. The van der Waals surface area contributed by atoms with E-state index < -0.39 is 0 Å². The maximum absolute atomic E-state index is 4.58. The average molecular weight is 241 g/mol. The van der Waals surface area contributed by atoms with Crippen LogP contribution in [-0.4, -0.2) is 63.0 Å². The minimum atomic E-state index is 0.820. The summed E-state index contributed by atoms with van der Waals surface area (Å²) in [6, 6.07) is 0. The maximum atomic E-state index is 4.58. The topological polar surface area (TPSA) is 43.2 Å². The van der Waals surface area contributed by atoms with Crippen LogP contribution in [0.1, 0.15) is 26.7 Å². The van der Waals surface area contributed by atoms with Crippen molar-refractivity contribution >= 4 is 11.9 Å². The smallest absolute Gasteiger partial charge is 0.200 e. The molecule has 0 rings (SSSR count). The third kappa shape index (κ3) is 6.14. The Balaban J connectivity index is 4.64. The van der Waals surface area contributed by atoms with Gasteiger partial charge in [0.25, 0.3) is 0 Å². The van der Waals surface area contributed by atoms with Gasteiger partial charge in [0.2, 0.25) is 5.96 Å². The van der Waals surface area contributed by atoms with E-state index in [2.05, 4.69) is 34.0 Å². The number of unbranched alkanes of at least 4 members (excludes halogenated alkanes) is 1. The molecule has 0 heterocycles. The van der Waals surface area contributed by atoms with Crippen molar-refractivity contribution in [3.63, 3.8) is 0 Å². The van der Waals surface area contributed by atoms with Crippen LogP contribution in [0.15, 0.2) is 9.98 Å². The number of guanidine groups is 2. The van der Waals surface area contributed by atoms with Crippen LogP contribution >= 0.6 is 0 Å². The highest BCUT2D eigenvalue weighted by Gasteiger charge is 2.08. The van der Waals surface area contributed by atoms with Gasteiger partial charge < -0.3 is 9.80 Å². The SMILES string of the molecule is CCCCN=C(NC(=NC)N(C)C)N(C)CC. The Morgan fingerprint density at radius 3 is 2.18 bits per heavy atom. The molecule has 17 heavy (non-hydrogen) atoms. The van der Waals surface area contributed by atoms with Crippen molar-refractivity contribution in [2.75, 3.05) is 41.3 Å². The summed E-state index contributed by atoms with van der Waals surface area (Å²) in [6.45, 7) is 6.05. The monoisotopic (exact) mass is 241 g/mol. The van der Waals surface area contributed by atoms with Crippen molar-refractivity contribution in [1.82, 2.24) is 15.1 Å². The van der Waals surface area contributed by atoms with E-state index >= 15 is 0 Å². The molecular weight excluding hydrogens is 214 g/mol. The first-order valence-electron chi connectivity index (χ1n) is 6.23. The fraction of sp³-hybridized carbons (Fsp3) is 0.833. The van der Waals surface area contributed by atoms with Crippen LogP contribution in [-0.2, 0) is 0 Å². The molecule has 0 saturated carbocycles. The molecule has 1 N–H and O–H groups in total. The molecule has 0 unspecified atom stereocenters. The quantitative estimate of drug-likeness (QED) is 0.457. The molecule has 5 heteroatoms. The number of rotatable bonds is 4. The van der Waals surface area contributed by atoms with Gasteiger partial charge >= 0.3 is 0 Å². The summed E-state index contributed by atoms with van der Waals surface area (Å²) in [5, 5.41) is 3.26. The first kappa shape index (κ1) is 15.7. The predicted octanol–water partition coefficient (Wildman–Crippen LogP) is 1.23. The standard InChI is InChI=1S/C12H27N5/c1-7-9-10-14-12(17(6)8-2)15-11(13-3)16(4)5/h7-10H2,1-6H3,(H,13,14,15). The second-order valence-corrected chi connectivity index (χ2v) is 4.14. The van der Waals surface area contributed by atoms with Gasteiger partial charge in [0.05, 0.1) is 0 Å². The largest absolute Gasteiger partial charge is 0.349 e. The first-order valence-corrected chi connectivity index (χ1v) is 6.23. The van der Waals surface area contributed by atoms with Crippen LogP contribution < -0.4 is 5.32 Å². The normalized spacial score (nSPS) is 12.6. The summed E-state index contributed by atoms with van der Waals surface area (Å²) < 4.78 is 0. The lowest BCUT2D eigenvalue weighted by Gasteiger charge is -2.24. The summed E-state index contributed by atoms with van der Waals surface area (Å²) in [5.41, 5.74) is 0. The predicted molar refractivity (Wildman–Crippen MR) is 75.7 cm³/mol. The molecule has 5 nitrogen and oxygen atoms in total. The zero-order chi connectivity index (χ0) is 13.3. The molecule has 0 aromatic rings. The molecule has 0 spiro atoms. The molecule has 100 valence electrons. The van der Waals surface area contributed by atoms with Crippen molar-refractivity contribution in [2.45, 2.75) is 26.7 Å². The van der Waals surface area contributed by atoms with Crippen LogP contribution in [0.5, 0.6) is 0 Å². The zero-order valence-corrected chi connectivity index (χ0v) is 12.1. The van der Waals surface area contributed by atoms with Crippen molar-refractivity contribution in [3.05, 3.63) is 0 Å². The van der Waals surface area contributed by atoms with E-state index in [9.17, 15) is 0 Å². The molecule has 0 bridgehead atoms. The molecule has 0 aromatic carbocycles. The number of hydrogen-bond donors (Lipinski definition) is 1. The van der Waals surface area contributed by atoms with Crippen molar-refractivity contribution in [1.29, 1.82) is 0 Å². The van der Waals surface area contributed by atoms with Crippen LogP contribution in [0.4, 0.5) is 0 Å². The van der Waals surface area contributed by atoms with Gasteiger partial charge in [-0.1, -0.05) is 13.3 Å². The summed E-state index contributed by atoms with van der Waals surface area (Å²) in [4.78, 5) is 12.8. The van der Waals surface area contributed by atoms with E-state index in [1.807, 2.05) is 26.0 Å². The Hall–Kier alpha value is -1.26. The van der Waals surface area contributed by atoms with Crippen molar-refractivity contribution in [2.24, 2.45) is 9.98 Å². The lowest BCUT2D eigenvalue weighted by Crippen LogP contribution is -2.47. The van der Waals surface area contributed by atoms with E-state index in [4.69, 9.17) is 0 Å². The van der Waals surface area contributed by atoms with E-state index in [1.165, 1.54) is 0 Å². The molecule has 0 fully saturated rings. The van der Waals surface area contributed by atoms with E-state index in [1.54, 1.807) is 7.05 Å². The highest BCUT2D eigenvalue weighted by molar-refractivity contribution is 5.98. The van der Waals surface area contributed by atoms with Gasteiger partial charge in [0.15, 0.2) is 5.96 Å². The minimum absolute atomic E-state index is 0.820. The molecule has 0 saturated heterocycles. The highest BCUT2D eigenvalue weighted by Crippen LogP contribution is 1.92. The zero-order valence-electron chi connectivity index (χ0n) is 12.1. The molecule has 0 aliphatic rings. The van der Waals surface area contributed by atoms with E-state index in [-0.39, 0.29) is 0 Å². The van der Waals surface area contributed by atoms with Gasteiger partial charge in [0, 0.05) is 41.3 Å². The second-order valence-electron chi connectivity index (χ2n) is 4.14. The fourth-order valence-electron chi connectivity index (χ4n) is 1.22. The van der Waals surface area contributed by atoms with Crippen molar-refractivity contribution in [3.8, 4) is 0 Å². The first-order chi connectivity index (χ1) is 8.06. The van der Waals surface area contributed by atoms with Gasteiger partial charge in [-0.15, -0.1) is 0 Å². The Morgan fingerprint density at radius 1 is 1.12 bits per heavy atom. The summed E-state index contributed by atoms with van der Waals surface area (Å²) in [5.74, 6) is 1.70. The summed E-state index contributed by atoms with van der Waals surface area (Å²) >= 11 is 0. The Kier molecular flexibility index (Phi) is 8.19. The van der Waals surface area contributed by atoms with Gasteiger partial charge in [-0.25, -0.2) is 0 Å². The van der Waals surface area contributed by atoms with Gasteiger partial charge in [-0.2, -0.15) is 0 Å². The van der Waals surface area contributed by atoms with Crippen LogP contribution in [0, 0.1) is 0 Å². The van der Waals surface area contributed by atoms with Crippen LogP contribution in [0.2, 0.25) is 0 Å².